The third-order valence-corrected chi connectivity index (χ3v) is 2.39. The SMILES string of the molecule is COC(=O)c1ccc2c(C=CCO)n[nH]c2c1. The highest BCUT2D eigenvalue weighted by molar-refractivity contribution is 5.96. The summed E-state index contributed by atoms with van der Waals surface area (Å²) in [5.74, 6) is -0.381. The molecule has 2 rings (SSSR count). The summed E-state index contributed by atoms with van der Waals surface area (Å²) < 4.78 is 4.64. The molecule has 5 heteroatoms. The van der Waals surface area contributed by atoms with E-state index in [1.54, 1.807) is 30.4 Å². The number of esters is 1. The first-order valence-electron chi connectivity index (χ1n) is 5.10. The number of H-pyrrole nitrogens is 1. The fourth-order valence-corrected chi connectivity index (χ4v) is 1.58. The summed E-state index contributed by atoms with van der Waals surface area (Å²) in [5.41, 5.74) is 1.96. The van der Waals surface area contributed by atoms with E-state index in [1.165, 1.54) is 7.11 Å². The zero-order valence-corrected chi connectivity index (χ0v) is 9.30. The van der Waals surface area contributed by atoms with Gasteiger partial charge in [0.2, 0.25) is 0 Å². The van der Waals surface area contributed by atoms with Gasteiger partial charge in [0, 0.05) is 5.39 Å². The summed E-state index contributed by atoms with van der Waals surface area (Å²) in [7, 11) is 1.34. The third kappa shape index (κ3) is 2.19. The monoisotopic (exact) mass is 232 g/mol. The fourth-order valence-electron chi connectivity index (χ4n) is 1.58. The number of nitrogens with one attached hydrogen (secondary N) is 1. The Bertz CT molecular complexity index is 572. The number of methoxy groups -OCH3 is 1. The number of aliphatic hydroxyl groups is 1. The molecule has 1 heterocycles. The maximum Gasteiger partial charge on any atom is 0.337 e. The summed E-state index contributed by atoms with van der Waals surface area (Å²) in [4.78, 5) is 11.3. The molecule has 0 saturated heterocycles. The third-order valence-electron chi connectivity index (χ3n) is 2.39. The highest BCUT2D eigenvalue weighted by Crippen LogP contribution is 2.19. The minimum absolute atomic E-state index is 0.0331. The minimum atomic E-state index is -0.381. The smallest absolute Gasteiger partial charge is 0.337 e. The molecule has 0 saturated carbocycles. The van der Waals surface area contributed by atoms with Crippen LogP contribution in [-0.4, -0.2) is 35.0 Å². The first-order valence-corrected chi connectivity index (χ1v) is 5.10. The standard InChI is InChI=1S/C12H12N2O3/c1-17-12(16)8-4-5-9-10(3-2-6-15)13-14-11(9)7-8/h2-5,7,15H,6H2,1H3,(H,13,14). The van der Waals surface area contributed by atoms with Crippen molar-refractivity contribution >= 4 is 22.9 Å². The molecule has 2 N–H and O–H groups in total. The average molecular weight is 232 g/mol. The molecule has 0 atom stereocenters. The highest BCUT2D eigenvalue weighted by atomic mass is 16.5. The zero-order chi connectivity index (χ0) is 12.3. The number of benzene rings is 1. The lowest BCUT2D eigenvalue weighted by Gasteiger charge is -1.98. The summed E-state index contributed by atoms with van der Waals surface area (Å²) in [6.45, 7) is -0.0331. The second-order valence-corrected chi connectivity index (χ2v) is 3.45. The van der Waals surface area contributed by atoms with E-state index in [0.717, 1.165) is 16.6 Å². The molecular weight excluding hydrogens is 220 g/mol. The molecule has 1 aromatic carbocycles. The molecule has 5 nitrogen and oxygen atoms in total. The molecule has 17 heavy (non-hydrogen) atoms. The second-order valence-electron chi connectivity index (χ2n) is 3.45. The van der Waals surface area contributed by atoms with E-state index in [1.807, 2.05) is 0 Å². The molecule has 0 aliphatic heterocycles. The maximum atomic E-state index is 11.3. The molecule has 1 aromatic heterocycles. The average Bonchev–Trinajstić information content (AvgIpc) is 2.77. The fraction of sp³-hybridized carbons (Fsp3) is 0.167. The number of aromatic nitrogens is 2. The second kappa shape index (κ2) is 4.80. The molecule has 0 radical (unpaired) electrons. The van der Waals surface area contributed by atoms with Crippen molar-refractivity contribution in [3.63, 3.8) is 0 Å². The van der Waals surface area contributed by atoms with Gasteiger partial charge in [0.05, 0.1) is 30.5 Å². The first kappa shape index (κ1) is 11.3. The molecule has 0 bridgehead atoms. The van der Waals surface area contributed by atoms with Crippen LogP contribution in [0, 0.1) is 0 Å². The molecule has 0 aliphatic rings. The number of fused-ring (bicyclic) bond motifs is 1. The van der Waals surface area contributed by atoms with Gasteiger partial charge in [-0.15, -0.1) is 0 Å². The molecule has 0 spiro atoms. The van der Waals surface area contributed by atoms with Crippen molar-refractivity contribution in [1.29, 1.82) is 0 Å². The van der Waals surface area contributed by atoms with Gasteiger partial charge in [-0.05, 0) is 24.3 Å². The van der Waals surface area contributed by atoms with E-state index in [-0.39, 0.29) is 12.6 Å². The number of hydrogen-bond acceptors (Lipinski definition) is 4. The van der Waals surface area contributed by atoms with E-state index in [4.69, 9.17) is 5.11 Å². The number of rotatable bonds is 3. The highest BCUT2D eigenvalue weighted by Gasteiger charge is 2.08. The Balaban J connectivity index is 2.44. The van der Waals surface area contributed by atoms with Gasteiger partial charge in [-0.2, -0.15) is 5.10 Å². The van der Waals surface area contributed by atoms with Gasteiger partial charge in [0.15, 0.2) is 0 Å². The summed E-state index contributed by atoms with van der Waals surface area (Å²) in [6.07, 6.45) is 3.32. The quantitative estimate of drug-likeness (QED) is 0.783. The van der Waals surface area contributed by atoms with Gasteiger partial charge >= 0.3 is 5.97 Å². The summed E-state index contributed by atoms with van der Waals surface area (Å²) in [5, 5.41) is 16.5. The van der Waals surface area contributed by atoms with E-state index in [2.05, 4.69) is 14.9 Å². The largest absolute Gasteiger partial charge is 0.465 e. The van der Waals surface area contributed by atoms with Crippen molar-refractivity contribution in [2.75, 3.05) is 13.7 Å². The van der Waals surface area contributed by atoms with E-state index in [9.17, 15) is 4.79 Å². The van der Waals surface area contributed by atoms with Crippen LogP contribution in [0.4, 0.5) is 0 Å². The van der Waals surface area contributed by atoms with Gasteiger partial charge in [0.1, 0.15) is 0 Å². The molecule has 88 valence electrons. The predicted molar refractivity (Wildman–Crippen MR) is 63.6 cm³/mol. The maximum absolute atomic E-state index is 11.3. The molecule has 0 aliphatic carbocycles. The van der Waals surface area contributed by atoms with Gasteiger partial charge in [0.25, 0.3) is 0 Å². The van der Waals surface area contributed by atoms with Crippen molar-refractivity contribution in [1.82, 2.24) is 10.2 Å². The number of carbonyl (C=O) groups excluding carboxylic acids is 1. The van der Waals surface area contributed by atoms with Crippen LogP contribution in [0.15, 0.2) is 24.3 Å². The zero-order valence-electron chi connectivity index (χ0n) is 9.30. The Morgan fingerprint density at radius 2 is 2.41 bits per heavy atom. The Kier molecular flexibility index (Phi) is 3.20. The van der Waals surface area contributed by atoms with Crippen LogP contribution in [0.3, 0.4) is 0 Å². The summed E-state index contributed by atoms with van der Waals surface area (Å²) >= 11 is 0. The van der Waals surface area contributed by atoms with Crippen molar-refractivity contribution in [2.45, 2.75) is 0 Å². The van der Waals surface area contributed by atoms with Crippen LogP contribution in [0.5, 0.6) is 0 Å². The summed E-state index contributed by atoms with van der Waals surface area (Å²) in [6, 6.07) is 5.16. The number of nitrogens with zero attached hydrogens (tertiary/aromatic N) is 1. The van der Waals surface area contributed by atoms with E-state index >= 15 is 0 Å². The Morgan fingerprint density at radius 1 is 1.59 bits per heavy atom. The van der Waals surface area contributed by atoms with Crippen molar-refractivity contribution in [3.8, 4) is 0 Å². The Morgan fingerprint density at radius 3 is 3.12 bits per heavy atom. The number of carbonyl (C=O) groups is 1. The van der Waals surface area contributed by atoms with Crippen molar-refractivity contribution in [3.05, 3.63) is 35.5 Å². The molecule has 0 fully saturated rings. The van der Waals surface area contributed by atoms with E-state index < -0.39 is 0 Å². The number of hydrogen-bond donors (Lipinski definition) is 2. The van der Waals surface area contributed by atoms with Gasteiger partial charge in [-0.25, -0.2) is 4.79 Å². The predicted octanol–water partition coefficient (Wildman–Crippen LogP) is 1.35. The lowest BCUT2D eigenvalue weighted by atomic mass is 10.1. The Labute approximate surface area is 97.7 Å². The number of aliphatic hydroxyl groups excluding tert-OH is 1. The van der Waals surface area contributed by atoms with Crippen LogP contribution in [0.1, 0.15) is 16.1 Å². The minimum Gasteiger partial charge on any atom is -0.465 e. The lowest BCUT2D eigenvalue weighted by Crippen LogP contribution is -2.00. The van der Waals surface area contributed by atoms with Crippen LogP contribution < -0.4 is 0 Å². The molecule has 0 unspecified atom stereocenters. The first-order chi connectivity index (χ1) is 8.26. The van der Waals surface area contributed by atoms with Crippen LogP contribution in [0.2, 0.25) is 0 Å². The molecule has 2 aromatic rings. The number of aromatic amines is 1. The molecular formula is C12H12N2O3. The van der Waals surface area contributed by atoms with Gasteiger partial charge < -0.3 is 9.84 Å². The van der Waals surface area contributed by atoms with Crippen LogP contribution >= 0.6 is 0 Å². The molecule has 0 amide bonds. The van der Waals surface area contributed by atoms with Crippen LogP contribution in [-0.2, 0) is 4.74 Å². The lowest BCUT2D eigenvalue weighted by molar-refractivity contribution is 0.0601. The van der Waals surface area contributed by atoms with E-state index in [0.29, 0.717) is 5.56 Å². The van der Waals surface area contributed by atoms with Crippen molar-refractivity contribution in [2.24, 2.45) is 0 Å². The van der Waals surface area contributed by atoms with Gasteiger partial charge in [-0.3, -0.25) is 5.10 Å². The number of ether oxygens (including phenoxy) is 1. The van der Waals surface area contributed by atoms with Gasteiger partial charge in [-0.1, -0.05) is 6.08 Å². The normalized spacial score (nSPS) is 11.2. The van der Waals surface area contributed by atoms with Crippen LogP contribution in [0.25, 0.3) is 17.0 Å². The topological polar surface area (TPSA) is 75.2 Å². The Hall–Kier alpha value is -2.14. The van der Waals surface area contributed by atoms with Crippen molar-refractivity contribution < 1.29 is 14.6 Å².